The van der Waals surface area contributed by atoms with Gasteiger partial charge >= 0.3 is 0 Å². The maximum absolute atomic E-state index is 12.7. The van der Waals surface area contributed by atoms with Gasteiger partial charge in [-0.05, 0) is 24.3 Å². The molecular weight excluding hydrogens is 440 g/mol. The highest BCUT2D eigenvalue weighted by atomic mass is 32.2. The fraction of sp³-hybridized carbons (Fsp3) is 0.474. The van der Waals surface area contributed by atoms with E-state index < -0.39 is 0 Å². The van der Waals surface area contributed by atoms with Crippen LogP contribution in [0, 0.1) is 0 Å². The molecule has 3 aromatic rings. The van der Waals surface area contributed by atoms with E-state index in [-0.39, 0.29) is 24.1 Å². The van der Waals surface area contributed by atoms with Crippen LogP contribution in [0.1, 0.15) is 38.0 Å². The molecular formula is C19H22N6O4S2. The zero-order chi connectivity index (χ0) is 21.6. The lowest BCUT2D eigenvalue weighted by Gasteiger charge is -2.19. The van der Waals surface area contributed by atoms with Gasteiger partial charge < -0.3 is 18.6 Å². The Morgan fingerprint density at radius 3 is 2.87 bits per heavy atom. The molecule has 0 spiro atoms. The van der Waals surface area contributed by atoms with Crippen molar-refractivity contribution >= 4 is 34.9 Å². The van der Waals surface area contributed by atoms with Crippen LogP contribution >= 0.6 is 23.1 Å². The van der Waals surface area contributed by atoms with E-state index in [0.29, 0.717) is 49.0 Å². The van der Waals surface area contributed by atoms with Crippen LogP contribution in [0.2, 0.25) is 0 Å². The Bertz CT molecular complexity index is 1020. The molecule has 164 valence electrons. The highest BCUT2D eigenvalue weighted by Gasteiger charge is 2.23. The van der Waals surface area contributed by atoms with Crippen molar-refractivity contribution in [1.29, 1.82) is 0 Å². The Morgan fingerprint density at radius 1 is 1.26 bits per heavy atom. The average Bonchev–Trinajstić information content (AvgIpc) is 3.55. The minimum absolute atomic E-state index is 0.0859. The molecule has 0 saturated carbocycles. The first-order valence-corrected chi connectivity index (χ1v) is 11.9. The SMILES string of the molecule is CCCN(Cc1nnc(-c2cccs2)o1)C(=O)CSc1nnc(CN2CCCC2=O)o1. The number of aromatic nitrogens is 4. The number of amides is 2. The number of carbonyl (C=O) groups is 2. The van der Waals surface area contributed by atoms with E-state index in [1.54, 1.807) is 9.80 Å². The van der Waals surface area contributed by atoms with Crippen LogP contribution < -0.4 is 0 Å². The summed E-state index contributed by atoms with van der Waals surface area (Å²) < 4.78 is 11.3. The third-order valence-corrected chi connectivity index (χ3v) is 6.30. The van der Waals surface area contributed by atoms with Gasteiger partial charge in [0, 0.05) is 19.5 Å². The summed E-state index contributed by atoms with van der Waals surface area (Å²) in [6, 6.07) is 3.83. The van der Waals surface area contributed by atoms with Gasteiger partial charge in [-0.25, -0.2) is 0 Å². The predicted molar refractivity (Wildman–Crippen MR) is 113 cm³/mol. The van der Waals surface area contributed by atoms with E-state index in [0.717, 1.165) is 17.7 Å². The average molecular weight is 463 g/mol. The predicted octanol–water partition coefficient (Wildman–Crippen LogP) is 2.83. The standard InChI is InChI=1S/C19H22N6O4S2/c1-2-7-24(10-14-20-22-18(28-14)13-5-4-9-30-13)17(27)12-31-19-23-21-15(29-19)11-25-8-3-6-16(25)26/h4-5,9H,2-3,6-8,10-12H2,1H3. The first-order valence-electron chi connectivity index (χ1n) is 9.99. The largest absolute Gasteiger partial charge is 0.418 e. The van der Waals surface area contributed by atoms with E-state index >= 15 is 0 Å². The molecule has 1 aliphatic rings. The number of likely N-dealkylation sites (tertiary alicyclic amines) is 1. The Kier molecular flexibility index (Phi) is 6.97. The third kappa shape index (κ3) is 5.50. The topological polar surface area (TPSA) is 118 Å². The lowest BCUT2D eigenvalue weighted by molar-refractivity contribution is -0.129. The van der Waals surface area contributed by atoms with E-state index in [2.05, 4.69) is 20.4 Å². The Balaban J connectivity index is 1.31. The number of rotatable bonds is 10. The Morgan fingerprint density at radius 2 is 2.13 bits per heavy atom. The van der Waals surface area contributed by atoms with Crippen LogP contribution in [0.3, 0.4) is 0 Å². The summed E-state index contributed by atoms with van der Waals surface area (Å²) in [5, 5.41) is 18.3. The van der Waals surface area contributed by atoms with E-state index in [4.69, 9.17) is 8.83 Å². The normalized spacial score (nSPS) is 13.8. The summed E-state index contributed by atoms with van der Waals surface area (Å²) >= 11 is 2.69. The van der Waals surface area contributed by atoms with Gasteiger partial charge in [-0.3, -0.25) is 9.59 Å². The van der Waals surface area contributed by atoms with Crippen molar-refractivity contribution in [2.24, 2.45) is 0 Å². The number of carbonyl (C=O) groups excluding carboxylic acids is 2. The summed E-state index contributed by atoms with van der Waals surface area (Å²) in [6.07, 6.45) is 2.22. The molecule has 2 amide bonds. The van der Waals surface area contributed by atoms with Crippen molar-refractivity contribution in [1.82, 2.24) is 30.2 Å². The highest BCUT2D eigenvalue weighted by Crippen LogP contribution is 2.24. The van der Waals surface area contributed by atoms with Gasteiger partial charge in [0.05, 0.1) is 23.7 Å². The molecule has 0 bridgehead atoms. The number of nitrogens with zero attached hydrogens (tertiary/aromatic N) is 6. The number of hydrogen-bond donors (Lipinski definition) is 0. The molecule has 0 aliphatic carbocycles. The van der Waals surface area contributed by atoms with Gasteiger partial charge in [0.1, 0.15) is 0 Å². The summed E-state index contributed by atoms with van der Waals surface area (Å²) in [6.45, 7) is 3.84. The molecule has 4 heterocycles. The fourth-order valence-corrected chi connectivity index (χ4v) is 4.48. The molecule has 10 nitrogen and oxygen atoms in total. The van der Waals surface area contributed by atoms with Crippen LogP contribution in [-0.4, -0.2) is 60.9 Å². The van der Waals surface area contributed by atoms with Crippen molar-refractivity contribution in [3.8, 4) is 10.8 Å². The molecule has 3 aromatic heterocycles. The molecule has 0 aromatic carbocycles. The van der Waals surface area contributed by atoms with Gasteiger partial charge in [-0.1, -0.05) is 24.8 Å². The quantitative estimate of drug-likeness (QED) is 0.419. The minimum atomic E-state index is -0.0859. The molecule has 4 rings (SSSR count). The molecule has 31 heavy (non-hydrogen) atoms. The van der Waals surface area contributed by atoms with Gasteiger partial charge in [0.25, 0.3) is 11.1 Å². The lowest BCUT2D eigenvalue weighted by atomic mass is 10.4. The van der Waals surface area contributed by atoms with E-state index in [1.165, 1.54) is 23.1 Å². The van der Waals surface area contributed by atoms with Gasteiger partial charge in [-0.2, -0.15) is 0 Å². The second kappa shape index (κ2) is 10.1. The molecule has 1 aliphatic heterocycles. The second-order valence-corrected chi connectivity index (χ2v) is 8.84. The maximum Gasteiger partial charge on any atom is 0.277 e. The summed E-state index contributed by atoms with van der Waals surface area (Å²) in [5.41, 5.74) is 0. The Labute approximate surface area is 187 Å². The molecule has 0 N–H and O–H groups in total. The zero-order valence-electron chi connectivity index (χ0n) is 17.0. The molecule has 1 saturated heterocycles. The minimum Gasteiger partial charge on any atom is -0.418 e. The van der Waals surface area contributed by atoms with Crippen LogP contribution in [0.5, 0.6) is 0 Å². The maximum atomic E-state index is 12.7. The van der Waals surface area contributed by atoms with Crippen molar-refractivity contribution in [3.63, 3.8) is 0 Å². The number of hydrogen-bond acceptors (Lipinski definition) is 10. The fourth-order valence-electron chi connectivity index (χ4n) is 3.15. The smallest absolute Gasteiger partial charge is 0.277 e. The van der Waals surface area contributed by atoms with E-state index in [1.807, 2.05) is 24.4 Å². The first-order chi connectivity index (χ1) is 15.1. The molecule has 1 fully saturated rings. The van der Waals surface area contributed by atoms with Crippen molar-refractivity contribution in [2.75, 3.05) is 18.8 Å². The van der Waals surface area contributed by atoms with Gasteiger partial charge in [-0.15, -0.1) is 31.7 Å². The molecule has 0 unspecified atom stereocenters. The van der Waals surface area contributed by atoms with Crippen LogP contribution in [0.15, 0.2) is 31.6 Å². The molecule has 0 radical (unpaired) electrons. The monoisotopic (exact) mass is 462 g/mol. The number of thioether (sulfide) groups is 1. The highest BCUT2D eigenvalue weighted by molar-refractivity contribution is 7.99. The van der Waals surface area contributed by atoms with Crippen LogP contribution in [-0.2, 0) is 22.7 Å². The summed E-state index contributed by atoms with van der Waals surface area (Å²) in [4.78, 5) is 28.7. The van der Waals surface area contributed by atoms with Crippen LogP contribution in [0.4, 0.5) is 0 Å². The third-order valence-electron chi connectivity index (χ3n) is 4.64. The zero-order valence-corrected chi connectivity index (χ0v) is 18.7. The van der Waals surface area contributed by atoms with Gasteiger partial charge in [0.15, 0.2) is 0 Å². The van der Waals surface area contributed by atoms with Crippen molar-refractivity contribution < 1.29 is 18.4 Å². The van der Waals surface area contributed by atoms with Crippen LogP contribution in [0.25, 0.3) is 10.8 Å². The van der Waals surface area contributed by atoms with Crippen molar-refractivity contribution in [3.05, 3.63) is 29.3 Å². The number of thiophene rings is 1. The van der Waals surface area contributed by atoms with E-state index in [9.17, 15) is 9.59 Å². The van der Waals surface area contributed by atoms with Crippen molar-refractivity contribution in [2.45, 2.75) is 44.5 Å². The second-order valence-electron chi connectivity index (χ2n) is 6.96. The first kappa shape index (κ1) is 21.5. The lowest BCUT2D eigenvalue weighted by Crippen LogP contribution is -2.32. The van der Waals surface area contributed by atoms with Gasteiger partial charge in [0.2, 0.25) is 23.6 Å². The Hall–Kier alpha value is -2.73. The molecule has 12 heteroatoms. The molecule has 0 atom stereocenters. The summed E-state index contributed by atoms with van der Waals surface area (Å²) in [7, 11) is 0. The summed E-state index contributed by atoms with van der Waals surface area (Å²) in [5.74, 6) is 1.39.